The number of carbonyl (C=O) groups is 1. The van der Waals surface area contributed by atoms with Gasteiger partial charge in [-0.05, 0) is 30.4 Å². The van der Waals surface area contributed by atoms with Crippen LogP contribution in [0.3, 0.4) is 0 Å². The molecule has 0 heterocycles. The van der Waals surface area contributed by atoms with E-state index in [4.69, 9.17) is 0 Å². The molecule has 0 aliphatic carbocycles. The zero-order chi connectivity index (χ0) is 12.3. The van der Waals surface area contributed by atoms with Crippen molar-refractivity contribution < 1.29 is 13.6 Å². The van der Waals surface area contributed by atoms with Crippen molar-refractivity contribution in [2.24, 2.45) is 0 Å². The lowest BCUT2D eigenvalue weighted by molar-refractivity contribution is 0.0993. The lowest BCUT2D eigenvalue weighted by Gasteiger charge is -2.12. The Hall–Kier alpha value is -0.900. The summed E-state index contributed by atoms with van der Waals surface area (Å²) in [6, 6.07) is 3.25. The Labute approximate surface area is 98.2 Å². The van der Waals surface area contributed by atoms with Gasteiger partial charge in [-0.2, -0.15) is 0 Å². The highest BCUT2D eigenvalue weighted by atomic mass is 32.2. The fraction of sp³-hybridized carbons (Fsp3) is 0.417. The first-order valence-corrected chi connectivity index (χ1v) is 6.01. The van der Waals surface area contributed by atoms with Crippen molar-refractivity contribution in [3.05, 3.63) is 35.4 Å². The maximum absolute atomic E-state index is 12.9. The van der Waals surface area contributed by atoms with Crippen molar-refractivity contribution in [3.63, 3.8) is 0 Å². The number of hydrogen-bond donors (Lipinski definition) is 0. The number of carbonyl (C=O) groups excluding carboxylic acids is 1. The summed E-state index contributed by atoms with van der Waals surface area (Å²) in [5, 5.41) is 0.0779. The number of rotatable bonds is 4. The molecule has 1 aromatic rings. The molecule has 0 aliphatic heterocycles. The summed E-state index contributed by atoms with van der Waals surface area (Å²) in [5.74, 6) is -2.08. The van der Waals surface area contributed by atoms with Gasteiger partial charge >= 0.3 is 0 Å². The Morgan fingerprint density at radius 2 is 1.81 bits per heavy atom. The largest absolute Gasteiger partial charge is 0.293 e. The molecule has 0 aromatic heterocycles. The molecule has 88 valence electrons. The predicted molar refractivity (Wildman–Crippen MR) is 62.9 cm³/mol. The Balaban J connectivity index is 2.84. The van der Waals surface area contributed by atoms with Gasteiger partial charge in [0, 0.05) is 5.56 Å². The summed E-state index contributed by atoms with van der Waals surface area (Å²) in [6.45, 7) is 5.74. The number of benzene rings is 1. The summed E-state index contributed by atoms with van der Waals surface area (Å²) in [7, 11) is 0. The minimum atomic E-state index is -0.979. The molecular weight excluding hydrogens is 230 g/mol. The molecule has 0 fully saturated rings. The quantitative estimate of drug-likeness (QED) is 0.751. The van der Waals surface area contributed by atoms with E-state index in [1.54, 1.807) is 6.92 Å². The van der Waals surface area contributed by atoms with Crippen LogP contribution < -0.4 is 0 Å². The first-order valence-electron chi connectivity index (χ1n) is 5.06. The third-order valence-corrected chi connectivity index (χ3v) is 3.22. The van der Waals surface area contributed by atoms with Gasteiger partial charge in [-0.3, -0.25) is 4.79 Å². The highest BCUT2D eigenvalue weighted by Gasteiger charge is 2.18. The fourth-order valence-corrected chi connectivity index (χ4v) is 2.43. The molecule has 0 saturated carbocycles. The summed E-state index contributed by atoms with van der Waals surface area (Å²) < 4.78 is 25.6. The van der Waals surface area contributed by atoms with E-state index in [-0.39, 0.29) is 16.6 Å². The maximum atomic E-state index is 12.9. The van der Waals surface area contributed by atoms with Crippen LogP contribution in [0.5, 0.6) is 0 Å². The van der Waals surface area contributed by atoms with Crippen LogP contribution in [0.2, 0.25) is 0 Å². The Morgan fingerprint density at radius 1 is 1.19 bits per heavy atom. The van der Waals surface area contributed by atoms with E-state index >= 15 is 0 Å². The van der Waals surface area contributed by atoms with E-state index < -0.39 is 11.6 Å². The lowest BCUT2D eigenvalue weighted by Crippen LogP contribution is -2.16. The minimum absolute atomic E-state index is 0.169. The third-order valence-electron chi connectivity index (χ3n) is 2.05. The van der Waals surface area contributed by atoms with Gasteiger partial charge in [0.2, 0.25) is 0 Å². The standard InChI is InChI=1S/C12H14F2OS/c1-7(2)16-8(3)12(15)9-4-5-10(13)11(14)6-9/h4-8H,1-3H3. The normalized spacial score (nSPS) is 12.9. The van der Waals surface area contributed by atoms with Crippen LogP contribution in [0.25, 0.3) is 0 Å². The molecule has 0 bridgehead atoms. The molecule has 1 unspecified atom stereocenters. The molecular formula is C12H14F2OS. The van der Waals surface area contributed by atoms with Crippen molar-refractivity contribution in [2.45, 2.75) is 31.3 Å². The second-order valence-corrected chi connectivity index (χ2v) is 5.74. The highest BCUT2D eigenvalue weighted by Crippen LogP contribution is 2.21. The summed E-state index contributed by atoms with van der Waals surface area (Å²) >= 11 is 1.50. The molecule has 1 aromatic carbocycles. The molecule has 16 heavy (non-hydrogen) atoms. The second kappa shape index (κ2) is 5.43. The van der Waals surface area contributed by atoms with E-state index in [1.807, 2.05) is 13.8 Å². The van der Waals surface area contributed by atoms with Crippen LogP contribution in [0.1, 0.15) is 31.1 Å². The molecule has 0 aliphatic rings. The summed E-state index contributed by atoms with van der Waals surface area (Å²) in [4.78, 5) is 11.8. The summed E-state index contributed by atoms with van der Waals surface area (Å²) in [6.07, 6.45) is 0. The van der Waals surface area contributed by atoms with E-state index in [0.717, 1.165) is 12.1 Å². The van der Waals surface area contributed by atoms with Crippen LogP contribution in [0.4, 0.5) is 8.78 Å². The molecule has 1 rings (SSSR count). The molecule has 4 heteroatoms. The smallest absolute Gasteiger partial charge is 0.175 e. The van der Waals surface area contributed by atoms with Gasteiger partial charge in [-0.1, -0.05) is 13.8 Å². The first kappa shape index (κ1) is 13.2. The molecule has 0 radical (unpaired) electrons. The van der Waals surface area contributed by atoms with Crippen LogP contribution in [0.15, 0.2) is 18.2 Å². The van der Waals surface area contributed by atoms with Crippen molar-refractivity contribution in [1.29, 1.82) is 0 Å². The predicted octanol–water partition coefficient (Wildman–Crippen LogP) is 3.68. The van der Waals surface area contributed by atoms with Crippen molar-refractivity contribution in [1.82, 2.24) is 0 Å². The van der Waals surface area contributed by atoms with Crippen molar-refractivity contribution in [3.8, 4) is 0 Å². The average Bonchev–Trinajstić information content (AvgIpc) is 2.20. The van der Waals surface area contributed by atoms with Gasteiger partial charge in [-0.15, -0.1) is 11.8 Å². The zero-order valence-electron chi connectivity index (χ0n) is 9.46. The molecule has 1 atom stereocenters. The van der Waals surface area contributed by atoms with Crippen molar-refractivity contribution in [2.75, 3.05) is 0 Å². The number of Topliss-reactive ketones (excluding diaryl/α,β-unsaturated/α-hetero) is 1. The van der Waals surface area contributed by atoms with Crippen LogP contribution in [0, 0.1) is 11.6 Å². The van der Waals surface area contributed by atoms with E-state index in [0.29, 0.717) is 5.25 Å². The van der Waals surface area contributed by atoms with Gasteiger partial charge in [0.1, 0.15) is 0 Å². The SMILES string of the molecule is CC(C)SC(C)C(=O)c1ccc(F)c(F)c1. The molecule has 0 N–H and O–H groups in total. The number of ketones is 1. The molecule has 0 spiro atoms. The Morgan fingerprint density at radius 3 is 2.31 bits per heavy atom. The van der Waals surface area contributed by atoms with Crippen LogP contribution in [-0.4, -0.2) is 16.3 Å². The zero-order valence-corrected chi connectivity index (χ0v) is 10.3. The van der Waals surface area contributed by atoms with Gasteiger partial charge in [-0.25, -0.2) is 8.78 Å². The van der Waals surface area contributed by atoms with Gasteiger partial charge in [0.05, 0.1) is 5.25 Å². The Bertz CT molecular complexity index is 391. The maximum Gasteiger partial charge on any atom is 0.175 e. The Kier molecular flexibility index (Phi) is 4.47. The fourth-order valence-electron chi connectivity index (χ4n) is 1.35. The van der Waals surface area contributed by atoms with E-state index in [2.05, 4.69) is 0 Å². The molecule has 0 saturated heterocycles. The average molecular weight is 244 g/mol. The van der Waals surface area contributed by atoms with E-state index in [9.17, 15) is 13.6 Å². The van der Waals surface area contributed by atoms with Crippen LogP contribution >= 0.6 is 11.8 Å². The summed E-state index contributed by atoms with van der Waals surface area (Å²) in [5.41, 5.74) is 0.222. The monoisotopic (exact) mass is 244 g/mol. The molecule has 1 nitrogen and oxygen atoms in total. The van der Waals surface area contributed by atoms with Gasteiger partial charge in [0.15, 0.2) is 17.4 Å². The van der Waals surface area contributed by atoms with Gasteiger partial charge in [0.25, 0.3) is 0 Å². The highest BCUT2D eigenvalue weighted by molar-refractivity contribution is 8.01. The first-order chi connectivity index (χ1) is 7.41. The topological polar surface area (TPSA) is 17.1 Å². The number of hydrogen-bond acceptors (Lipinski definition) is 2. The number of halogens is 2. The van der Waals surface area contributed by atoms with Gasteiger partial charge < -0.3 is 0 Å². The third kappa shape index (κ3) is 3.30. The van der Waals surface area contributed by atoms with E-state index in [1.165, 1.54) is 17.8 Å². The second-order valence-electron chi connectivity index (χ2n) is 3.82. The van der Waals surface area contributed by atoms with Crippen LogP contribution in [-0.2, 0) is 0 Å². The van der Waals surface area contributed by atoms with Crippen molar-refractivity contribution >= 4 is 17.5 Å². The molecule has 0 amide bonds. The number of thioether (sulfide) groups is 1. The minimum Gasteiger partial charge on any atom is -0.293 e. The lowest BCUT2D eigenvalue weighted by atomic mass is 10.1.